The van der Waals surface area contributed by atoms with Gasteiger partial charge >= 0.3 is 0 Å². The number of nitrogens with zero attached hydrogens (tertiary/aromatic N) is 9. The molecule has 15 atom stereocenters. The largest absolute Gasteiger partial charge is 0.394 e. The van der Waals surface area contributed by atoms with E-state index in [9.17, 15) is 75.7 Å². The molecule has 0 bridgehead atoms. The molecule has 33 heteroatoms. The van der Waals surface area contributed by atoms with Gasteiger partial charge in [-0.15, -0.1) is 15.3 Å². The van der Waals surface area contributed by atoms with Crippen molar-refractivity contribution >= 4 is 17.7 Å². The highest BCUT2D eigenvalue weighted by molar-refractivity contribution is 6.04. The number of carbonyl (C=O) groups is 3. The summed E-state index contributed by atoms with van der Waals surface area (Å²) < 4.78 is 38.1. The van der Waals surface area contributed by atoms with E-state index in [0.717, 1.165) is 193 Å². The molecule has 0 spiro atoms. The zero-order valence-corrected chi connectivity index (χ0v) is 60.9. The normalized spacial score (nSPS) is 24.9. The monoisotopic (exact) mass is 1490 g/mol. The van der Waals surface area contributed by atoms with Gasteiger partial charge in [0.25, 0.3) is 17.7 Å². The number of nitrogens with one attached hydrogen (secondary N) is 3. The molecule has 3 saturated heterocycles. The Hall–Kier alpha value is -5.67. The number of hydrogen-bond acceptors (Lipinski definition) is 27. The smallest absolute Gasteiger partial charge is 0.251 e. The van der Waals surface area contributed by atoms with Gasteiger partial charge in [0.2, 0.25) is 0 Å². The molecule has 0 saturated carbocycles. The Morgan fingerprint density at radius 3 is 0.771 bits per heavy atom. The summed E-state index contributed by atoms with van der Waals surface area (Å²) in [6, 6.07) is 4.69. The Kier molecular flexibility index (Phi) is 40.1. The van der Waals surface area contributed by atoms with E-state index in [1.54, 1.807) is 50.8 Å². The van der Waals surface area contributed by atoms with Crippen molar-refractivity contribution in [3.63, 3.8) is 0 Å². The standard InChI is InChI=1S/C72H120N12O21/c85-43-55-58(88)61(91)64(94)70(103-55)100-46-52-40-82(79-76-52)34-28-22-16-10-4-1-7-13-19-25-31-73-67(97)49-37-50(68(98)74-32-26-20-14-8-2-5-11-17-23-29-35-83-41-53(77-80-83)47-101-71-65(95)62(92)59(89)56(44-86)104-71)39-51(38-49)69(99)75-33-27-21-15-9-3-6-12-18-24-30-36-84-42-54(78-81-84)48-102-72-66(96)63(93)60(90)57(45-87)105-72/h37-42,55-66,70-72,85-96H,1-36,43-48H2,(H,73,97)(H,74,98)(H,75,99)/t55-,56-,57-,58-,59-,60-,61+,62+,63+,64-,65-,66-,70-,71-,72-/m1/s1. The maximum atomic E-state index is 13.6. The summed E-state index contributed by atoms with van der Waals surface area (Å²) in [6.45, 7) is 1.75. The molecule has 3 amide bonds. The average molecular weight is 1490 g/mol. The van der Waals surface area contributed by atoms with Gasteiger partial charge in [-0.1, -0.05) is 170 Å². The van der Waals surface area contributed by atoms with E-state index in [0.29, 0.717) is 56.4 Å². The Balaban J connectivity index is 0.728. The fraction of sp³-hybridized carbons (Fsp3) is 0.792. The summed E-state index contributed by atoms with van der Waals surface area (Å²) >= 11 is 0. The van der Waals surface area contributed by atoms with E-state index in [4.69, 9.17) is 28.4 Å². The van der Waals surface area contributed by atoms with Gasteiger partial charge in [0.15, 0.2) is 18.9 Å². The molecule has 594 valence electrons. The van der Waals surface area contributed by atoms with E-state index in [1.807, 2.05) is 0 Å². The van der Waals surface area contributed by atoms with Gasteiger partial charge in [-0.25, -0.2) is 0 Å². The van der Waals surface area contributed by atoms with Crippen molar-refractivity contribution < 1.29 is 104 Å². The van der Waals surface area contributed by atoms with Gasteiger partial charge in [0, 0.05) is 56.0 Å². The van der Waals surface area contributed by atoms with Crippen LogP contribution in [0.1, 0.15) is 241 Å². The first-order chi connectivity index (χ1) is 51.0. The van der Waals surface area contributed by atoms with E-state index in [1.165, 1.54) is 0 Å². The van der Waals surface area contributed by atoms with Crippen molar-refractivity contribution in [1.82, 2.24) is 60.9 Å². The fourth-order valence-corrected chi connectivity index (χ4v) is 13.0. The number of unbranched alkanes of at least 4 members (excludes halogenated alkanes) is 27. The van der Waals surface area contributed by atoms with Crippen LogP contribution >= 0.6 is 0 Å². The van der Waals surface area contributed by atoms with Crippen LogP contribution in [0, 0.1) is 0 Å². The van der Waals surface area contributed by atoms with Crippen molar-refractivity contribution in [2.24, 2.45) is 0 Å². The van der Waals surface area contributed by atoms with Gasteiger partial charge in [0.05, 0.1) is 58.2 Å². The molecule has 4 aromatic rings. The lowest BCUT2D eigenvalue weighted by atomic mass is 9.99. The zero-order valence-electron chi connectivity index (χ0n) is 60.9. The average Bonchev–Trinajstić information content (AvgIpc) is 1.65. The van der Waals surface area contributed by atoms with E-state index < -0.39 is 112 Å². The van der Waals surface area contributed by atoms with Crippen molar-refractivity contribution in [3.05, 3.63) is 70.6 Å². The third kappa shape index (κ3) is 30.0. The van der Waals surface area contributed by atoms with E-state index in [-0.39, 0.29) is 54.2 Å². The van der Waals surface area contributed by atoms with Crippen molar-refractivity contribution in [1.29, 1.82) is 0 Å². The molecule has 105 heavy (non-hydrogen) atoms. The number of aryl methyl sites for hydroxylation is 3. The van der Waals surface area contributed by atoms with Crippen LogP contribution in [0.3, 0.4) is 0 Å². The molecule has 1 aromatic carbocycles. The third-order valence-corrected chi connectivity index (χ3v) is 19.5. The maximum Gasteiger partial charge on any atom is 0.251 e. The highest BCUT2D eigenvalue weighted by atomic mass is 16.7. The minimum atomic E-state index is -1.52. The highest BCUT2D eigenvalue weighted by Gasteiger charge is 2.46. The molecule has 3 aliphatic rings. The summed E-state index contributed by atoms with van der Waals surface area (Å²) in [5.74, 6) is -1.01. The van der Waals surface area contributed by atoms with E-state index in [2.05, 4.69) is 46.9 Å². The maximum absolute atomic E-state index is 13.6. The first-order valence-corrected chi connectivity index (χ1v) is 38.4. The fourth-order valence-electron chi connectivity index (χ4n) is 13.0. The van der Waals surface area contributed by atoms with Gasteiger partial charge < -0.3 is 106 Å². The van der Waals surface area contributed by atoms with Gasteiger partial charge in [-0.2, -0.15) is 0 Å². The molecule has 15 N–H and O–H groups in total. The lowest BCUT2D eigenvalue weighted by Crippen LogP contribution is -2.59. The third-order valence-electron chi connectivity index (χ3n) is 19.5. The van der Waals surface area contributed by atoms with Crippen LogP contribution in [0.15, 0.2) is 36.8 Å². The lowest BCUT2D eigenvalue weighted by molar-refractivity contribution is -0.304. The topological polar surface area (TPSA) is 478 Å². The number of carbonyl (C=O) groups excluding carboxylic acids is 3. The minimum Gasteiger partial charge on any atom is -0.394 e. The number of ether oxygens (including phenoxy) is 6. The number of hydrogen-bond donors (Lipinski definition) is 15. The zero-order chi connectivity index (χ0) is 75.1. The molecule has 7 rings (SSSR count). The van der Waals surface area contributed by atoms with Gasteiger partial charge in [-0.3, -0.25) is 28.4 Å². The van der Waals surface area contributed by atoms with Crippen LogP contribution < -0.4 is 16.0 Å². The second-order valence-corrected chi connectivity index (χ2v) is 28.1. The highest BCUT2D eigenvalue weighted by Crippen LogP contribution is 2.27. The van der Waals surface area contributed by atoms with Crippen molar-refractivity contribution in [2.75, 3.05) is 39.5 Å². The Morgan fingerprint density at radius 1 is 0.324 bits per heavy atom. The summed E-state index contributed by atoms with van der Waals surface area (Å²) in [6.07, 6.45) is 16.1. The van der Waals surface area contributed by atoms with Crippen LogP contribution in [0.2, 0.25) is 0 Å². The number of aliphatic hydroxyl groups excluding tert-OH is 12. The molecule has 3 aliphatic heterocycles. The first kappa shape index (κ1) is 86.6. The van der Waals surface area contributed by atoms with Crippen LogP contribution in [0.25, 0.3) is 0 Å². The van der Waals surface area contributed by atoms with Crippen molar-refractivity contribution in [3.8, 4) is 0 Å². The second kappa shape index (κ2) is 48.7. The number of aromatic nitrogens is 9. The molecule has 3 fully saturated rings. The molecular weight excluding hydrogens is 1370 g/mol. The van der Waals surface area contributed by atoms with Gasteiger partial charge in [0.1, 0.15) is 90.3 Å². The predicted octanol–water partition coefficient (Wildman–Crippen LogP) is 2.40. The quantitative estimate of drug-likeness (QED) is 0.0282. The SMILES string of the molecule is O=C(NCCCCCCCCCCCCn1cc(CO[C@@H]2O[C@H](CO)[C@@H](O)[C@H](O)[C@H]2O)nn1)c1cc(C(=O)NCCCCCCCCCCCCn2cc(CO[C@@H]3O[C@H](CO)[C@@H](O)[C@H](O)[C@H]3O)nn2)cc(C(=O)NCCCCCCCCCCCCn2cc(CO[C@@H]3O[C@H](CO)[C@@H](O)[C@H](O)[C@H]3O)nn2)c1. The van der Waals surface area contributed by atoms with Crippen LogP contribution in [-0.2, 0) is 67.9 Å². The van der Waals surface area contributed by atoms with Crippen LogP contribution in [-0.4, -0.2) is 256 Å². The molecule has 0 unspecified atom stereocenters. The molecule has 0 aliphatic carbocycles. The molecule has 6 heterocycles. The van der Waals surface area contributed by atoms with Gasteiger partial charge in [-0.05, 0) is 56.7 Å². The molecule has 3 aromatic heterocycles. The predicted molar refractivity (Wildman–Crippen MR) is 378 cm³/mol. The number of rotatable bonds is 54. The van der Waals surface area contributed by atoms with Crippen molar-refractivity contribution in [2.45, 2.75) is 324 Å². The number of aliphatic hydroxyl groups is 12. The first-order valence-electron chi connectivity index (χ1n) is 38.4. The lowest BCUT2D eigenvalue weighted by Gasteiger charge is -2.39. The number of amides is 3. The Morgan fingerprint density at radius 2 is 0.543 bits per heavy atom. The summed E-state index contributed by atoms with van der Waals surface area (Å²) in [5.41, 5.74) is 2.32. The number of benzene rings is 1. The summed E-state index contributed by atoms with van der Waals surface area (Å²) in [4.78, 5) is 40.9. The van der Waals surface area contributed by atoms with E-state index >= 15 is 0 Å². The van der Waals surface area contributed by atoms with Crippen LogP contribution in [0.5, 0.6) is 0 Å². The molecule has 0 radical (unpaired) electrons. The Labute approximate surface area is 614 Å². The minimum absolute atomic E-state index is 0.0331. The molecule has 33 nitrogen and oxygen atoms in total. The second-order valence-electron chi connectivity index (χ2n) is 28.1. The molecular formula is C72H120N12O21. The summed E-state index contributed by atoms with van der Waals surface area (Å²) in [7, 11) is 0. The Bertz CT molecular complexity index is 2710. The van der Waals surface area contributed by atoms with Crippen LogP contribution in [0.4, 0.5) is 0 Å². The summed E-state index contributed by atoms with van der Waals surface area (Å²) in [5, 5.41) is 153.